The summed E-state index contributed by atoms with van der Waals surface area (Å²) in [4.78, 5) is 22.5. The number of hydrogen-bond donors (Lipinski definition) is 2. The van der Waals surface area contributed by atoms with Crippen LogP contribution < -0.4 is 10.6 Å². The Morgan fingerprint density at radius 2 is 1.80 bits per heavy atom. The van der Waals surface area contributed by atoms with Crippen molar-refractivity contribution in [3.8, 4) is 0 Å². The molecule has 15 heavy (non-hydrogen) atoms. The first kappa shape index (κ1) is 13.9. The SMILES string of the molecule is CCCCCNC(=O)C(=O)NC(C)CC. The first-order valence-electron chi connectivity index (χ1n) is 5.70. The maximum absolute atomic E-state index is 11.3. The van der Waals surface area contributed by atoms with E-state index in [0.717, 1.165) is 25.7 Å². The Labute approximate surface area is 91.8 Å². The van der Waals surface area contributed by atoms with Crippen molar-refractivity contribution >= 4 is 11.8 Å². The molecule has 0 aliphatic carbocycles. The van der Waals surface area contributed by atoms with E-state index in [2.05, 4.69) is 17.6 Å². The lowest BCUT2D eigenvalue weighted by Gasteiger charge is -2.10. The Hall–Kier alpha value is -1.06. The summed E-state index contributed by atoms with van der Waals surface area (Å²) in [6, 6.07) is 0.0545. The summed E-state index contributed by atoms with van der Waals surface area (Å²) < 4.78 is 0. The van der Waals surface area contributed by atoms with Gasteiger partial charge >= 0.3 is 11.8 Å². The zero-order valence-corrected chi connectivity index (χ0v) is 9.93. The van der Waals surface area contributed by atoms with E-state index in [1.54, 1.807) is 0 Å². The van der Waals surface area contributed by atoms with Crippen LogP contribution in [-0.4, -0.2) is 24.4 Å². The normalized spacial score (nSPS) is 11.9. The third-order valence-electron chi connectivity index (χ3n) is 2.26. The molecule has 0 rings (SSSR count). The standard InChI is InChI=1S/C11H22N2O2/c1-4-6-7-8-12-10(14)11(15)13-9(3)5-2/h9H,4-8H2,1-3H3,(H,12,14)(H,13,15). The topological polar surface area (TPSA) is 58.2 Å². The molecule has 0 aliphatic rings. The van der Waals surface area contributed by atoms with E-state index in [9.17, 15) is 9.59 Å². The predicted molar refractivity (Wildman–Crippen MR) is 60.4 cm³/mol. The fourth-order valence-electron chi connectivity index (χ4n) is 1.05. The first-order chi connectivity index (χ1) is 7.11. The van der Waals surface area contributed by atoms with Crippen LogP contribution in [0.5, 0.6) is 0 Å². The van der Waals surface area contributed by atoms with Gasteiger partial charge in [-0.3, -0.25) is 9.59 Å². The molecule has 0 aromatic carbocycles. The van der Waals surface area contributed by atoms with Gasteiger partial charge in [0.25, 0.3) is 0 Å². The minimum Gasteiger partial charge on any atom is -0.348 e. The molecular weight excluding hydrogens is 192 g/mol. The van der Waals surface area contributed by atoms with Gasteiger partial charge in [0.1, 0.15) is 0 Å². The quantitative estimate of drug-likeness (QED) is 0.515. The van der Waals surface area contributed by atoms with Crippen molar-refractivity contribution < 1.29 is 9.59 Å². The number of rotatable bonds is 6. The lowest BCUT2D eigenvalue weighted by atomic mass is 10.2. The Kier molecular flexibility index (Phi) is 7.68. The van der Waals surface area contributed by atoms with Gasteiger partial charge in [-0.1, -0.05) is 26.7 Å². The highest BCUT2D eigenvalue weighted by Crippen LogP contribution is 1.91. The summed E-state index contributed by atoms with van der Waals surface area (Å²) >= 11 is 0. The molecule has 0 saturated heterocycles. The second-order valence-electron chi connectivity index (χ2n) is 3.75. The summed E-state index contributed by atoms with van der Waals surface area (Å²) in [7, 11) is 0. The van der Waals surface area contributed by atoms with Crippen molar-refractivity contribution in [3.63, 3.8) is 0 Å². The maximum Gasteiger partial charge on any atom is 0.309 e. The van der Waals surface area contributed by atoms with Crippen LogP contribution in [0.4, 0.5) is 0 Å². The van der Waals surface area contributed by atoms with Crippen molar-refractivity contribution in [2.45, 2.75) is 52.5 Å². The smallest absolute Gasteiger partial charge is 0.309 e. The molecule has 2 N–H and O–H groups in total. The average Bonchev–Trinajstić information content (AvgIpc) is 2.23. The molecule has 2 amide bonds. The van der Waals surface area contributed by atoms with Crippen molar-refractivity contribution in [2.24, 2.45) is 0 Å². The molecule has 4 heteroatoms. The fourth-order valence-corrected chi connectivity index (χ4v) is 1.05. The van der Waals surface area contributed by atoms with Crippen molar-refractivity contribution in [1.82, 2.24) is 10.6 Å². The summed E-state index contributed by atoms with van der Waals surface area (Å²) in [5.41, 5.74) is 0. The predicted octanol–water partition coefficient (Wildman–Crippen LogP) is 1.21. The third-order valence-corrected chi connectivity index (χ3v) is 2.26. The number of unbranched alkanes of at least 4 members (excludes halogenated alkanes) is 2. The molecule has 0 aliphatic heterocycles. The molecule has 1 atom stereocenters. The number of carbonyl (C=O) groups excluding carboxylic acids is 2. The van der Waals surface area contributed by atoms with E-state index in [0.29, 0.717) is 6.54 Å². The van der Waals surface area contributed by atoms with Crippen LogP contribution in [0.2, 0.25) is 0 Å². The van der Waals surface area contributed by atoms with Crippen LogP contribution in [0.3, 0.4) is 0 Å². The third kappa shape index (κ3) is 6.94. The van der Waals surface area contributed by atoms with Crippen LogP contribution in [0.25, 0.3) is 0 Å². The fraction of sp³-hybridized carbons (Fsp3) is 0.818. The van der Waals surface area contributed by atoms with Gasteiger partial charge in [0.15, 0.2) is 0 Å². The van der Waals surface area contributed by atoms with Gasteiger partial charge in [-0.2, -0.15) is 0 Å². The maximum atomic E-state index is 11.3. The first-order valence-corrected chi connectivity index (χ1v) is 5.70. The molecule has 0 aromatic heterocycles. The largest absolute Gasteiger partial charge is 0.348 e. The Morgan fingerprint density at radius 1 is 1.13 bits per heavy atom. The number of amides is 2. The van der Waals surface area contributed by atoms with Gasteiger partial charge in [-0.05, 0) is 19.8 Å². The second-order valence-corrected chi connectivity index (χ2v) is 3.75. The molecule has 88 valence electrons. The summed E-state index contributed by atoms with van der Waals surface area (Å²) in [6.45, 7) is 6.52. The van der Waals surface area contributed by atoms with E-state index in [1.165, 1.54) is 0 Å². The van der Waals surface area contributed by atoms with E-state index in [4.69, 9.17) is 0 Å². The Bertz CT molecular complexity index is 205. The van der Waals surface area contributed by atoms with Gasteiger partial charge < -0.3 is 10.6 Å². The summed E-state index contributed by atoms with van der Waals surface area (Å²) in [5, 5.41) is 5.21. The van der Waals surface area contributed by atoms with Gasteiger partial charge in [0.05, 0.1) is 0 Å². The van der Waals surface area contributed by atoms with Crippen LogP contribution in [0.15, 0.2) is 0 Å². The van der Waals surface area contributed by atoms with Crippen molar-refractivity contribution in [2.75, 3.05) is 6.54 Å². The number of nitrogens with one attached hydrogen (secondary N) is 2. The molecular formula is C11H22N2O2. The lowest BCUT2D eigenvalue weighted by molar-refractivity contribution is -0.139. The summed E-state index contributed by atoms with van der Waals surface area (Å²) in [5.74, 6) is -1.05. The monoisotopic (exact) mass is 214 g/mol. The number of hydrogen-bond acceptors (Lipinski definition) is 2. The highest BCUT2D eigenvalue weighted by molar-refractivity contribution is 6.35. The van der Waals surface area contributed by atoms with Gasteiger partial charge in [-0.25, -0.2) is 0 Å². The van der Waals surface area contributed by atoms with Crippen molar-refractivity contribution in [1.29, 1.82) is 0 Å². The van der Waals surface area contributed by atoms with Crippen LogP contribution in [0, 0.1) is 0 Å². The molecule has 0 saturated carbocycles. The number of carbonyl (C=O) groups is 2. The van der Waals surface area contributed by atoms with Crippen LogP contribution in [-0.2, 0) is 9.59 Å². The Balaban J connectivity index is 3.65. The van der Waals surface area contributed by atoms with Crippen LogP contribution in [0.1, 0.15) is 46.5 Å². The Morgan fingerprint density at radius 3 is 2.33 bits per heavy atom. The van der Waals surface area contributed by atoms with E-state index in [1.807, 2.05) is 13.8 Å². The molecule has 0 spiro atoms. The molecule has 1 unspecified atom stereocenters. The molecule has 0 fully saturated rings. The zero-order valence-electron chi connectivity index (χ0n) is 9.93. The van der Waals surface area contributed by atoms with E-state index < -0.39 is 11.8 Å². The van der Waals surface area contributed by atoms with Gasteiger partial charge in [0, 0.05) is 12.6 Å². The molecule has 4 nitrogen and oxygen atoms in total. The minimum absolute atomic E-state index is 0.0545. The molecule has 0 aromatic rings. The second kappa shape index (κ2) is 8.26. The lowest BCUT2D eigenvalue weighted by Crippen LogP contribution is -2.43. The molecule has 0 radical (unpaired) electrons. The summed E-state index contributed by atoms with van der Waals surface area (Å²) in [6.07, 6.45) is 3.94. The van der Waals surface area contributed by atoms with Gasteiger partial charge in [0.2, 0.25) is 0 Å². The van der Waals surface area contributed by atoms with Crippen molar-refractivity contribution in [3.05, 3.63) is 0 Å². The van der Waals surface area contributed by atoms with Gasteiger partial charge in [-0.15, -0.1) is 0 Å². The average molecular weight is 214 g/mol. The highest BCUT2D eigenvalue weighted by atomic mass is 16.2. The van der Waals surface area contributed by atoms with E-state index >= 15 is 0 Å². The molecule has 0 bridgehead atoms. The van der Waals surface area contributed by atoms with Crippen LogP contribution >= 0.6 is 0 Å². The zero-order chi connectivity index (χ0) is 11.7. The minimum atomic E-state index is -0.527. The van der Waals surface area contributed by atoms with E-state index in [-0.39, 0.29) is 6.04 Å². The molecule has 0 heterocycles. The highest BCUT2D eigenvalue weighted by Gasteiger charge is 2.13.